The maximum absolute atomic E-state index is 14.3. The summed E-state index contributed by atoms with van der Waals surface area (Å²) < 4.78 is 33.6. The predicted octanol–water partition coefficient (Wildman–Crippen LogP) is 2.96. The zero-order chi connectivity index (χ0) is 40.8. The van der Waals surface area contributed by atoms with Crippen LogP contribution in [0.15, 0.2) is 30.3 Å². The van der Waals surface area contributed by atoms with Crippen LogP contribution in [0.2, 0.25) is 0 Å². The van der Waals surface area contributed by atoms with Crippen molar-refractivity contribution in [2.45, 2.75) is 103 Å². The molecule has 1 heterocycles. The third kappa shape index (κ3) is 10.6. The fourth-order valence-corrected chi connectivity index (χ4v) is 7.80. The first-order chi connectivity index (χ1) is 25.8. The van der Waals surface area contributed by atoms with Crippen LogP contribution in [-0.4, -0.2) is 109 Å². The van der Waals surface area contributed by atoms with Crippen molar-refractivity contribution in [3.8, 4) is 0 Å². The van der Waals surface area contributed by atoms with Gasteiger partial charge in [0.2, 0.25) is 35.3 Å². The number of hydrogen-bond donors (Lipinski definition) is 4. The van der Waals surface area contributed by atoms with Gasteiger partial charge in [-0.2, -0.15) is 0 Å². The Hall–Kier alpha value is -4.63. The minimum Gasteiger partial charge on any atom is -0.449 e. The Kier molecular flexibility index (Phi) is 14.0. The lowest BCUT2D eigenvalue weighted by atomic mass is 9.81. The topological polar surface area (TPSA) is 183 Å². The summed E-state index contributed by atoms with van der Waals surface area (Å²) in [5.41, 5.74) is 0.197. The van der Waals surface area contributed by atoms with Crippen molar-refractivity contribution < 1.29 is 47.1 Å². The first-order valence-electron chi connectivity index (χ1n) is 19.1. The summed E-state index contributed by atoms with van der Waals surface area (Å²) in [5.74, 6) is -8.34. The van der Waals surface area contributed by atoms with Gasteiger partial charge in [-0.1, -0.05) is 71.4 Å². The molecule has 2 saturated carbocycles. The normalized spacial score (nSPS) is 22.7. The third-order valence-corrected chi connectivity index (χ3v) is 11.1. The number of likely N-dealkylation sites (tertiary alicyclic amines) is 1. The number of hydrogen-bond acceptors (Lipinski definition) is 8. The smallest absolute Gasteiger partial charge is 0.407 e. The Balaban J connectivity index is 1.46. The number of piperidine rings is 1. The van der Waals surface area contributed by atoms with Crippen LogP contribution in [-0.2, 0) is 33.5 Å². The monoisotopic (exact) mass is 774 g/mol. The molecule has 0 bridgehead atoms. The van der Waals surface area contributed by atoms with E-state index in [0.29, 0.717) is 12.0 Å². The van der Waals surface area contributed by atoms with Crippen LogP contribution in [0.25, 0.3) is 0 Å². The van der Waals surface area contributed by atoms with Gasteiger partial charge in [-0.15, -0.1) is 0 Å². The molecule has 6 unspecified atom stereocenters. The van der Waals surface area contributed by atoms with E-state index in [2.05, 4.69) is 21.3 Å². The number of ketones is 1. The summed E-state index contributed by atoms with van der Waals surface area (Å²) in [4.78, 5) is 96.2. The number of alkyl carbamates (subject to hydrolysis) is 1. The molecule has 6 atom stereocenters. The highest BCUT2D eigenvalue weighted by Crippen LogP contribution is 2.65. The molecule has 0 spiro atoms. The Labute approximate surface area is 321 Å². The third-order valence-electron chi connectivity index (χ3n) is 11.1. The van der Waals surface area contributed by atoms with Crippen LogP contribution in [0.1, 0.15) is 84.7 Å². The highest BCUT2D eigenvalue weighted by atomic mass is 19.3. The van der Waals surface area contributed by atoms with Gasteiger partial charge in [0.25, 0.3) is 5.91 Å². The number of carbonyl (C=O) groups excluding carboxylic acids is 7. The van der Waals surface area contributed by atoms with Gasteiger partial charge in [-0.05, 0) is 53.9 Å². The lowest BCUT2D eigenvalue weighted by Crippen LogP contribution is -2.60. The Morgan fingerprint density at radius 1 is 0.964 bits per heavy atom. The minimum absolute atomic E-state index is 0.0121. The van der Waals surface area contributed by atoms with Gasteiger partial charge >= 0.3 is 6.09 Å². The summed E-state index contributed by atoms with van der Waals surface area (Å²) in [6.45, 7) is 9.02. The maximum atomic E-state index is 14.3. The molecule has 304 valence electrons. The van der Waals surface area contributed by atoms with E-state index in [-0.39, 0.29) is 55.6 Å². The average Bonchev–Trinajstić information content (AvgIpc) is 3.43. The number of nitrogens with zero attached hydrogens (tertiary/aromatic N) is 2. The van der Waals surface area contributed by atoms with E-state index < -0.39 is 96.8 Å². The van der Waals surface area contributed by atoms with E-state index in [1.54, 1.807) is 51.4 Å². The Morgan fingerprint density at radius 3 is 2.18 bits per heavy atom. The second-order valence-electron chi connectivity index (χ2n) is 16.2. The van der Waals surface area contributed by atoms with Crippen molar-refractivity contribution in [2.24, 2.45) is 29.1 Å². The summed E-state index contributed by atoms with van der Waals surface area (Å²) in [6.07, 6.45) is -1.30. The standard InChI is InChI=1S/C39H56F2N6O8/c1-8-12-26(32(49)34(51)42-19-27(48)44-29(35(52)46(6)7)23-13-10-9-11-14-23)43-33(50)31-28-25(38(28,4)5)20-47(31)36(53)30(45-37(54)55-21-22(2)3)24-15-17-39(40,41)18-16-24/h9-11,13-14,22,24-26,28-31H,8,12,15-21H2,1-7H3,(H,42,51)(H,43,50)(H,44,48)(H,45,54). The summed E-state index contributed by atoms with van der Waals surface area (Å²) in [7, 11) is 3.08. The van der Waals surface area contributed by atoms with E-state index in [9.17, 15) is 42.3 Å². The van der Waals surface area contributed by atoms with Gasteiger partial charge in [0.05, 0.1) is 19.2 Å². The highest BCUT2D eigenvalue weighted by Gasteiger charge is 2.70. The first-order valence-corrected chi connectivity index (χ1v) is 19.1. The van der Waals surface area contributed by atoms with Gasteiger partial charge in [-0.25, -0.2) is 13.6 Å². The van der Waals surface area contributed by atoms with Crippen LogP contribution in [0.4, 0.5) is 13.6 Å². The van der Waals surface area contributed by atoms with Gasteiger partial charge in [0, 0.05) is 33.5 Å². The molecule has 1 saturated heterocycles. The first kappa shape index (κ1) is 43.1. The van der Waals surface area contributed by atoms with E-state index in [4.69, 9.17) is 4.74 Å². The van der Waals surface area contributed by atoms with Gasteiger partial charge < -0.3 is 35.8 Å². The minimum atomic E-state index is -2.88. The van der Waals surface area contributed by atoms with Gasteiger partial charge in [-0.3, -0.25) is 28.8 Å². The van der Waals surface area contributed by atoms with E-state index in [1.807, 2.05) is 27.7 Å². The van der Waals surface area contributed by atoms with Crippen LogP contribution in [0, 0.1) is 29.1 Å². The van der Waals surface area contributed by atoms with Crippen molar-refractivity contribution in [1.29, 1.82) is 0 Å². The summed E-state index contributed by atoms with van der Waals surface area (Å²) >= 11 is 0. The zero-order valence-corrected chi connectivity index (χ0v) is 32.8. The average molecular weight is 775 g/mol. The SMILES string of the molecule is CCCC(NC(=O)C1C2C(CN1C(=O)C(NC(=O)OCC(C)C)C1CCC(F)(F)CC1)C2(C)C)C(=O)C(=O)NCC(=O)NC(C(=O)N(C)C)c1ccccc1. The number of fused-ring (bicyclic) bond motifs is 1. The van der Waals surface area contributed by atoms with Gasteiger partial charge in [0.15, 0.2) is 0 Å². The number of likely N-dealkylation sites (N-methyl/N-ethyl adjacent to an activating group) is 1. The number of alkyl halides is 2. The molecule has 6 amide bonds. The number of nitrogens with one attached hydrogen (secondary N) is 4. The molecule has 55 heavy (non-hydrogen) atoms. The molecule has 14 nitrogen and oxygen atoms in total. The van der Waals surface area contributed by atoms with Crippen LogP contribution in [0.5, 0.6) is 0 Å². The molecule has 4 rings (SSSR count). The van der Waals surface area contributed by atoms with Gasteiger partial charge in [0.1, 0.15) is 18.1 Å². The number of carbonyl (C=O) groups is 7. The largest absolute Gasteiger partial charge is 0.449 e. The molecule has 3 fully saturated rings. The quantitative estimate of drug-likeness (QED) is 0.185. The van der Waals surface area contributed by atoms with Crippen molar-refractivity contribution >= 4 is 41.4 Å². The molecular formula is C39H56F2N6O8. The molecule has 1 aromatic carbocycles. The molecule has 1 aromatic rings. The maximum Gasteiger partial charge on any atom is 0.407 e. The highest BCUT2D eigenvalue weighted by molar-refractivity contribution is 6.38. The zero-order valence-electron chi connectivity index (χ0n) is 32.8. The van der Waals surface area contributed by atoms with E-state index >= 15 is 0 Å². The van der Waals surface area contributed by atoms with Crippen LogP contribution >= 0.6 is 0 Å². The van der Waals surface area contributed by atoms with Crippen molar-refractivity contribution in [1.82, 2.24) is 31.1 Å². The van der Waals surface area contributed by atoms with Crippen molar-refractivity contribution in [3.63, 3.8) is 0 Å². The van der Waals surface area contributed by atoms with Crippen LogP contribution in [0.3, 0.4) is 0 Å². The number of Topliss-reactive ketones (excluding diaryl/α,β-unsaturated/α-hetero) is 1. The number of rotatable bonds is 16. The lowest BCUT2D eigenvalue weighted by molar-refractivity contribution is -0.145. The van der Waals surface area contributed by atoms with E-state index in [0.717, 1.165) is 0 Å². The molecule has 2 aliphatic carbocycles. The molecular weight excluding hydrogens is 718 g/mol. The summed E-state index contributed by atoms with van der Waals surface area (Å²) in [6, 6.07) is 3.94. The fourth-order valence-electron chi connectivity index (χ4n) is 7.80. The number of halogens is 2. The van der Waals surface area contributed by atoms with Crippen LogP contribution < -0.4 is 21.3 Å². The molecule has 0 radical (unpaired) electrons. The molecule has 0 aromatic heterocycles. The molecule has 1 aliphatic heterocycles. The second kappa shape index (κ2) is 17.9. The van der Waals surface area contributed by atoms with Crippen molar-refractivity contribution in [2.75, 3.05) is 33.8 Å². The number of benzene rings is 1. The molecule has 16 heteroatoms. The lowest BCUT2D eigenvalue weighted by Gasteiger charge is -2.38. The Bertz CT molecular complexity index is 1600. The Morgan fingerprint density at radius 2 is 1.60 bits per heavy atom. The molecule has 4 N–H and O–H groups in total. The number of amides is 6. The summed E-state index contributed by atoms with van der Waals surface area (Å²) in [5, 5.41) is 10.2. The fraction of sp³-hybridized carbons (Fsp3) is 0.667. The van der Waals surface area contributed by atoms with E-state index in [1.165, 1.54) is 9.80 Å². The predicted molar refractivity (Wildman–Crippen MR) is 197 cm³/mol. The second-order valence-corrected chi connectivity index (χ2v) is 16.2. The van der Waals surface area contributed by atoms with Crippen molar-refractivity contribution in [3.05, 3.63) is 35.9 Å². The number of ether oxygens (including phenoxy) is 1. The molecule has 3 aliphatic rings.